The Balaban J connectivity index is 1.75. The molecule has 0 saturated carbocycles. The first-order valence-electron chi connectivity index (χ1n) is 11.2. The van der Waals surface area contributed by atoms with Crippen molar-refractivity contribution in [1.82, 2.24) is 4.90 Å². The molecule has 1 N–H and O–H groups in total. The Morgan fingerprint density at radius 3 is 2.31 bits per heavy atom. The van der Waals surface area contributed by atoms with Crippen LogP contribution in [0.15, 0.2) is 78.4 Å². The van der Waals surface area contributed by atoms with E-state index >= 15 is 0 Å². The smallest absolute Gasteiger partial charge is 0.295 e. The zero-order chi connectivity index (χ0) is 25.1. The van der Waals surface area contributed by atoms with Gasteiger partial charge < -0.3 is 19.6 Å². The minimum absolute atomic E-state index is 0.0598. The second kappa shape index (κ2) is 10.2. The van der Waals surface area contributed by atoms with Crippen molar-refractivity contribution in [3.8, 4) is 5.75 Å². The van der Waals surface area contributed by atoms with Gasteiger partial charge in [0, 0.05) is 36.9 Å². The fourth-order valence-corrected chi connectivity index (χ4v) is 4.44. The monoisotopic (exact) mass is 490 g/mol. The molecule has 0 aliphatic carbocycles. The molecule has 0 aromatic heterocycles. The molecule has 35 heavy (non-hydrogen) atoms. The first-order valence-corrected chi connectivity index (χ1v) is 11.6. The Hall–Kier alpha value is -3.77. The molecule has 3 aromatic rings. The zero-order valence-corrected chi connectivity index (χ0v) is 20.6. The minimum atomic E-state index is -0.719. The quantitative estimate of drug-likeness (QED) is 0.284. The number of likely N-dealkylation sites (tertiary alicyclic amines) is 1. The van der Waals surface area contributed by atoms with Crippen LogP contribution in [-0.4, -0.2) is 49.4 Å². The van der Waals surface area contributed by atoms with Crippen molar-refractivity contribution in [2.24, 2.45) is 0 Å². The van der Waals surface area contributed by atoms with Gasteiger partial charge in [-0.05, 0) is 53.9 Å². The van der Waals surface area contributed by atoms with E-state index in [0.29, 0.717) is 23.6 Å². The lowest BCUT2D eigenvalue weighted by Gasteiger charge is -2.26. The number of carbonyl (C=O) groups excluding carboxylic acids is 2. The van der Waals surface area contributed by atoms with Gasteiger partial charge in [0.05, 0.1) is 18.7 Å². The first kappa shape index (κ1) is 24.4. The van der Waals surface area contributed by atoms with E-state index in [1.165, 1.54) is 4.90 Å². The highest BCUT2D eigenvalue weighted by atomic mass is 35.5. The Morgan fingerprint density at radius 1 is 1.03 bits per heavy atom. The Morgan fingerprint density at radius 2 is 1.71 bits per heavy atom. The normalized spacial score (nSPS) is 17.0. The number of hydrogen-bond acceptors (Lipinski definition) is 5. The van der Waals surface area contributed by atoms with Crippen molar-refractivity contribution in [3.63, 3.8) is 0 Å². The number of amides is 1. The summed E-state index contributed by atoms with van der Waals surface area (Å²) in [4.78, 5) is 29.9. The highest BCUT2D eigenvalue weighted by Gasteiger charge is 2.45. The van der Waals surface area contributed by atoms with E-state index in [1.54, 1.807) is 31.4 Å². The number of anilines is 1. The van der Waals surface area contributed by atoms with E-state index in [-0.39, 0.29) is 11.3 Å². The number of rotatable bonds is 7. The summed E-state index contributed by atoms with van der Waals surface area (Å²) in [6.07, 6.45) is 0.542. The van der Waals surface area contributed by atoms with E-state index in [2.05, 4.69) is 0 Å². The summed E-state index contributed by atoms with van der Waals surface area (Å²) >= 11 is 6.12. The number of nitrogens with zero attached hydrogens (tertiary/aromatic N) is 2. The van der Waals surface area contributed by atoms with Crippen LogP contribution in [0, 0.1) is 0 Å². The van der Waals surface area contributed by atoms with Gasteiger partial charge in [0.2, 0.25) is 0 Å². The number of ether oxygens (including phenoxy) is 1. The fourth-order valence-electron chi connectivity index (χ4n) is 4.24. The predicted octanol–water partition coefficient (Wildman–Crippen LogP) is 5.08. The molecule has 3 aromatic carbocycles. The van der Waals surface area contributed by atoms with Gasteiger partial charge in [-0.25, -0.2) is 0 Å². The third kappa shape index (κ3) is 5.03. The number of aliphatic hydroxyl groups is 1. The summed E-state index contributed by atoms with van der Waals surface area (Å²) in [5.74, 6) is -0.834. The Kier molecular flexibility index (Phi) is 7.12. The van der Waals surface area contributed by atoms with Gasteiger partial charge in [-0.2, -0.15) is 0 Å². The topological polar surface area (TPSA) is 70.1 Å². The SMILES string of the molecule is COc1ccc(CCN2C(=O)C(=O)/C(=C(\O)c3cccc(Cl)c3)C2c2ccc(N(C)C)cc2)cc1. The van der Waals surface area contributed by atoms with Gasteiger partial charge in [0.1, 0.15) is 11.5 Å². The van der Waals surface area contributed by atoms with Gasteiger partial charge >= 0.3 is 0 Å². The van der Waals surface area contributed by atoms with Crippen molar-refractivity contribution in [1.29, 1.82) is 0 Å². The summed E-state index contributed by atoms with van der Waals surface area (Å²) < 4.78 is 5.21. The van der Waals surface area contributed by atoms with Gasteiger partial charge in [0.15, 0.2) is 0 Å². The van der Waals surface area contributed by atoms with E-state index in [4.69, 9.17) is 16.3 Å². The maximum Gasteiger partial charge on any atom is 0.295 e. The summed E-state index contributed by atoms with van der Waals surface area (Å²) in [7, 11) is 5.49. The molecule has 1 amide bonds. The van der Waals surface area contributed by atoms with Crippen molar-refractivity contribution < 1.29 is 19.4 Å². The maximum atomic E-state index is 13.2. The Bertz CT molecular complexity index is 1270. The average molecular weight is 491 g/mol. The summed E-state index contributed by atoms with van der Waals surface area (Å²) in [6.45, 7) is 0.309. The lowest BCUT2D eigenvalue weighted by Crippen LogP contribution is -2.31. The van der Waals surface area contributed by atoms with E-state index in [0.717, 1.165) is 22.6 Å². The zero-order valence-electron chi connectivity index (χ0n) is 19.9. The molecule has 6 nitrogen and oxygen atoms in total. The van der Waals surface area contributed by atoms with Gasteiger partial charge in [-0.3, -0.25) is 9.59 Å². The number of Topliss-reactive ketones (excluding diaryl/α,β-unsaturated/α-hetero) is 1. The molecule has 1 saturated heterocycles. The van der Waals surface area contributed by atoms with Gasteiger partial charge in [-0.15, -0.1) is 0 Å². The van der Waals surface area contributed by atoms with Gasteiger partial charge in [0.25, 0.3) is 11.7 Å². The van der Waals surface area contributed by atoms with Crippen molar-refractivity contribution >= 4 is 34.7 Å². The molecular formula is C28H27ClN2O4. The second-order valence-electron chi connectivity index (χ2n) is 8.59. The standard InChI is InChI=1S/C28H27ClN2O4/c1-30(2)22-11-9-19(10-12-22)25-24(26(32)20-5-4-6-21(29)17-20)27(33)28(34)31(25)16-15-18-7-13-23(35-3)14-8-18/h4-14,17,25,32H,15-16H2,1-3H3/b26-24-. The van der Waals surface area contributed by atoms with Crippen molar-refractivity contribution in [2.45, 2.75) is 12.5 Å². The lowest BCUT2D eigenvalue weighted by atomic mass is 9.95. The molecule has 1 heterocycles. The van der Waals surface area contributed by atoms with Crippen LogP contribution in [0.4, 0.5) is 5.69 Å². The summed E-state index contributed by atoms with van der Waals surface area (Å²) in [6, 6.07) is 21.1. The minimum Gasteiger partial charge on any atom is -0.507 e. The molecule has 7 heteroatoms. The lowest BCUT2D eigenvalue weighted by molar-refractivity contribution is -0.139. The second-order valence-corrected chi connectivity index (χ2v) is 9.02. The third-order valence-corrected chi connectivity index (χ3v) is 6.40. The van der Waals surface area contributed by atoms with E-state index in [9.17, 15) is 14.7 Å². The molecule has 180 valence electrons. The maximum absolute atomic E-state index is 13.2. The van der Waals surface area contributed by atoms with Crippen LogP contribution in [0.2, 0.25) is 5.02 Å². The van der Waals surface area contributed by atoms with Crippen LogP contribution in [-0.2, 0) is 16.0 Å². The highest BCUT2D eigenvalue weighted by molar-refractivity contribution is 6.46. The fraction of sp³-hybridized carbons (Fsp3) is 0.214. The van der Waals surface area contributed by atoms with Crippen molar-refractivity contribution in [2.75, 3.05) is 32.6 Å². The van der Waals surface area contributed by atoms with E-state index < -0.39 is 17.7 Å². The first-order chi connectivity index (χ1) is 16.8. The molecule has 1 fully saturated rings. The highest BCUT2D eigenvalue weighted by Crippen LogP contribution is 2.40. The molecule has 0 radical (unpaired) electrons. The number of hydrogen-bond donors (Lipinski definition) is 1. The number of halogens is 1. The summed E-state index contributed by atoms with van der Waals surface area (Å²) in [5, 5.41) is 11.6. The molecular weight excluding hydrogens is 464 g/mol. The largest absolute Gasteiger partial charge is 0.507 e. The van der Waals surface area contributed by atoms with E-state index in [1.807, 2.05) is 67.5 Å². The molecule has 4 rings (SSSR count). The van der Waals surface area contributed by atoms with Crippen LogP contribution < -0.4 is 9.64 Å². The third-order valence-electron chi connectivity index (χ3n) is 6.16. The average Bonchev–Trinajstić information content (AvgIpc) is 3.12. The molecule has 0 bridgehead atoms. The summed E-state index contributed by atoms with van der Waals surface area (Å²) in [5.41, 5.74) is 3.18. The van der Waals surface area contributed by atoms with Gasteiger partial charge in [-0.1, -0.05) is 48.0 Å². The van der Waals surface area contributed by atoms with Crippen LogP contribution in [0.5, 0.6) is 5.75 Å². The van der Waals surface area contributed by atoms with Crippen LogP contribution in [0.3, 0.4) is 0 Å². The molecule has 1 aliphatic rings. The number of ketones is 1. The molecule has 1 unspecified atom stereocenters. The van der Waals surface area contributed by atoms with Crippen LogP contribution >= 0.6 is 11.6 Å². The number of benzene rings is 3. The number of carbonyl (C=O) groups is 2. The van der Waals surface area contributed by atoms with Crippen LogP contribution in [0.25, 0.3) is 5.76 Å². The molecule has 1 atom stereocenters. The number of aliphatic hydroxyl groups excluding tert-OH is 1. The van der Waals surface area contributed by atoms with Crippen molar-refractivity contribution in [3.05, 3.63) is 100 Å². The Labute approximate surface area is 210 Å². The molecule has 1 aliphatic heterocycles. The predicted molar refractivity (Wildman–Crippen MR) is 138 cm³/mol. The van der Waals surface area contributed by atoms with Crippen LogP contribution in [0.1, 0.15) is 22.7 Å². The molecule has 0 spiro atoms. The number of methoxy groups -OCH3 is 1.